The Kier molecular flexibility index (Phi) is 7.65. The van der Waals surface area contributed by atoms with Gasteiger partial charge in [0.1, 0.15) is 35.9 Å². The smallest absolute Gasteiger partial charge is 0.249 e. The number of ether oxygens (including phenoxy) is 2. The number of para-hydroxylation sites is 1. The minimum atomic E-state index is -0.956. The van der Waals surface area contributed by atoms with Gasteiger partial charge in [-0.05, 0) is 59.0 Å². The van der Waals surface area contributed by atoms with Crippen LogP contribution in [0.5, 0.6) is 5.75 Å². The quantitative estimate of drug-likeness (QED) is 0.267. The van der Waals surface area contributed by atoms with Gasteiger partial charge in [-0.1, -0.05) is 23.4 Å². The largest absolute Gasteiger partial charge is 0.494 e. The minimum Gasteiger partial charge on any atom is -0.494 e. The Bertz CT molecular complexity index is 1630. The van der Waals surface area contributed by atoms with Crippen molar-refractivity contribution in [1.82, 2.24) is 40.5 Å². The lowest BCUT2D eigenvalue weighted by molar-refractivity contribution is -0.127. The molecule has 1 aliphatic heterocycles. The summed E-state index contributed by atoms with van der Waals surface area (Å²) < 4.78 is 14.4. The van der Waals surface area contributed by atoms with Gasteiger partial charge in [0.15, 0.2) is 0 Å². The minimum absolute atomic E-state index is 0.0516. The van der Waals surface area contributed by atoms with E-state index >= 15 is 0 Å². The van der Waals surface area contributed by atoms with Gasteiger partial charge in [-0.3, -0.25) is 14.5 Å². The summed E-state index contributed by atoms with van der Waals surface area (Å²) in [6, 6.07) is 15.3. The number of anilines is 1. The second kappa shape index (κ2) is 11.8. The normalized spacial score (nSPS) is 15.6. The number of rotatable bonds is 10. The van der Waals surface area contributed by atoms with Crippen LogP contribution in [0.25, 0.3) is 16.7 Å². The van der Waals surface area contributed by atoms with Crippen molar-refractivity contribution in [2.75, 3.05) is 25.2 Å². The van der Waals surface area contributed by atoms with Crippen molar-refractivity contribution in [3.8, 4) is 11.4 Å². The Balaban J connectivity index is 1.40. The van der Waals surface area contributed by atoms with Crippen LogP contribution in [0.15, 0.2) is 66.3 Å². The summed E-state index contributed by atoms with van der Waals surface area (Å²) in [5, 5.41) is 24.6. The molecule has 2 amide bonds. The van der Waals surface area contributed by atoms with Crippen LogP contribution in [0.1, 0.15) is 23.8 Å². The molecule has 1 fully saturated rings. The second-order valence-electron chi connectivity index (χ2n) is 9.41. The molecular formula is C27H27N9O4S. The topological polar surface area (TPSA) is 142 Å². The van der Waals surface area contributed by atoms with Gasteiger partial charge >= 0.3 is 0 Å². The van der Waals surface area contributed by atoms with Gasteiger partial charge in [-0.25, -0.2) is 4.68 Å². The number of amides is 2. The fourth-order valence-electron chi connectivity index (χ4n) is 4.89. The van der Waals surface area contributed by atoms with E-state index in [0.29, 0.717) is 46.2 Å². The average molecular weight is 574 g/mol. The Morgan fingerprint density at radius 3 is 2.85 bits per heavy atom. The fraction of sp³-hybridized carbons (Fsp3) is 0.296. The highest BCUT2D eigenvalue weighted by molar-refractivity contribution is 7.10. The van der Waals surface area contributed by atoms with Crippen LogP contribution >= 0.6 is 11.3 Å². The van der Waals surface area contributed by atoms with Crippen molar-refractivity contribution in [2.24, 2.45) is 0 Å². The first-order valence-corrected chi connectivity index (χ1v) is 13.9. The van der Waals surface area contributed by atoms with E-state index in [1.54, 1.807) is 18.2 Å². The molecule has 0 aliphatic carbocycles. The third kappa shape index (κ3) is 5.51. The maximum absolute atomic E-state index is 14.2. The number of hydrogen-bond donors (Lipinski definition) is 1. The molecule has 210 valence electrons. The fourth-order valence-corrected chi connectivity index (χ4v) is 5.70. The van der Waals surface area contributed by atoms with E-state index in [2.05, 4.69) is 31.2 Å². The number of aromatic nitrogens is 7. The summed E-state index contributed by atoms with van der Waals surface area (Å²) in [7, 11) is 1.52. The van der Waals surface area contributed by atoms with Crippen LogP contribution < -0.4 is 15.0 Å². The molecule has 5 aromatic rings. The molecular weight excluding hydrogens is 546 g/mol. The van der Waals surface area contributed by atoms with E-state index in [4.69, 9.17) is 9.47 Å². The zero-order chi connectivity index (χ0) is 28.2. The molecule has 0 bridgehead atoms. The van der Waals surface area contributed by atoms with Gasteiger partial charge in [0.05, 0.1) is 18.7 Å². The van der Waals surface area contributed by atoms with Crippen LogP contribution in [0.2, 0.25) is 0 Å². The summed E-state index contributed by atoms with van der Waals surface area (Å²) >= 11 is 1.40. The molecule has 2 aromatic carbocycles. The van der Waals surface area contributed by atoms with Crippen molar-refractivity contribution in [2.45, 2.75) is 31.5 Å². The molecule has 13 nitrogen and oxygen atoms in total. The summed E-state index contributed by atoms with van der Waals surface area (Å²) in [4.78, 5) is 30.3. The number of carbonyl (C=O) groups excluding carboxylic acids is 2. The number of hydrogen-bond acceptors (Lipinski definition) is 10. The molecule has 0 unspecified atom stereocenters. The van der Waals surface area contributed by atoms with Gasteiger partial charge in [0.25, 0.3) is 0 Å². The lowest BCUT2D eigenvalue weighted by Gasteiger charge is -2.31. The first kappa shape index (κ1) is 26.5. The molecule has 6 rings (SSSR count). The molecule has 0 spiro atoms. The second-order valence-corrected chi connectivity index (χ2v) is 10.4. The number of benzene rings is 2. The highest BCUT2D eigenvalue weighted by Gasteiger charge is 2.35. The van der Waals surface area contributed by atoms with Crippen LogP contribution in [-0.4, -0.2) is 73.4 Å². The number of nitrogens with one attached hydrogen (secondary N) is 1. The number of tetrazole rings is 1. The predicted octanol–water partition coefficient (Wildman–Crippen LogP) is 2.55. The van der Waals surface area contributed by atoms with E-state index in [9.17, 15) is 9.59 Å². The molecule has 3 aromatic heterocycles. The highest BCUT2D eigenvalue weighted by Crippen LogP contribution is 2.35. The van der Waals surface area contributed by atoms with Gasteiger partial charge in [-0.15, -0.1) is 21.5 Å². The summed E-state index contributed by atoms with van der Waals surface area (Å²) in [6.45, 7) is 0.898. The molecule has 1 aliphatic rings. The van der Waals surface area contributed by atoms with Crippen LogP contribution in [0.3, 0.4) is 0 Å². The molecule has 4 heterocycles. The monoisotopic (exact) mass is 573 g/mol. The number of carbonyl (C=O) groups is 2. The van der Waals surface area contributed by atoms with Gasteiger partial charge in [0, 0.05) is 29.8 Å². The van der Waals surface area contributed by atoms with Gasteiger partial charge in [0.2, 0.25) is 11.8 Å². The first-order chi connectivity index (χ1) is 20.1. The van der Waals surface area contributed by atoms with E-state index in [1.165, 1.54) is 39.0 Å². The highest BCUT2D eigenvalue weighted by atomic mass is 32.1. The lowest BCUT2D eigenvalue weighted by Crippen LogP contribution is -2.46. The van der Waals surface area contributed by atoms with Crippen molar-refractivity contribution in [3.05, 3.63) is 71.2 Å². The van der Waals surface area contributed by atoms with Crippen LogP contribution in [0.4, 0.5) is 5.69 Å². The molecule has 1 saturated heterocycles. The Morgan fingerprint density at radius 1 is 1.20 bits per heavy atom. The number of nitrogens with zero attached hydrogens (tertiary/aromatic N) is 8. The Hall–Kier alpha value is -4.69. The van der Waals surface area contributed by atoms with E-state index in [1.807, 2.05) is 41.8 Å². The Morgan fingerprint density at radius 2 is 2.10 bits per heavy atom. The van der Waals surface area contributed by atoms with Gasteiger partial charge < -0.3 is 14.8 Å². The molecule has 41 heavy (non-hydrogen) atoms. The zero-order valence-corrected chi connectivity index (χ0v) is 23.0. The Labute approximate surface area is 238 Å². The SMILES string of the molecule is COc1cc(N(C(=O)Cn2nnc3ccccc32)[C@H](C(=O)NC[C@H]2CCCO2)c2cccs2)ccc1-n1cnnn1. The maximum Gasteiger partial charge on any atom is 0.249 e. The number of methoxy groups -OCH3 is 1. The zero-order valence-electron chi connectivity index (χ0n) is 22.2. The lowest BCUT2D eigenvalue weighted by atomic mass is 10.1. The molecule has 0 radical (unpaired) electrons. The molecule has 0 saturated carbocycles. The predicted molar refractivity (Wildman–Crippen MR) is 150 cm³/mol. The standard InChI is InChI=1S/C27H27N9O4S/c1-39-23-14-18(10-11-22(23)35-17-29-31-33-35)36(25(37)16-34-21-8-3-2-7-20(21)30-32-34)26(24-9-5-13-41-24)27(38)28-15-19-6-4-12-40-19/h2-3,5,7-11,13-14,17,19,26H,4,6,12,15-16H2,1H3,(H,28,38)/t19-,26+/m1/s1. The number of thiophene rings is 1. The maximum atomic E-state index is 14.2. The van der Waals surface area contributed by atoms with Crippen LogP contribution in [-0.2, 0) is 20.9 Å². The first-order valence-electron chi connectivity index (χ1n) is 13.1. The van der Waals surface area contributed by atoms with Crippen LogP contribution in [0, 0.1) is 0 Å². The van der Waals surface area contributed by atoms with E-state index in [-0.39, 0.29) is 24.5 Å². The summed E-state index contributed by atoms with van der Waals surface area (Å²) in [5.41, 5.74) is 2.41. The summed E-state index contributed by atoms with van der Waals surface area (Å²) in [5.74, 6) is -0.254. The van der Waals surface area contributed by atoms with Crippen molar-refractivity contribution >= 4 is 39.9 Å². The third-order valence-corrected chi connectivity index (χ3v) is 7.78. The average Bonchev–Trinajstić information content (AvgIpc) is 3.83. The molecule has 2 atom stereocenters. The van der Waals surface area contributed by atoms with Crippen molar-refractivity contribution in [3.63, 3.8) is 0 Å². The van der Waals surface area contributed by atoms with Crippen molar-refractivity contribution in [1.29, 1.82) is 0 Å². The third-order valence-electron chi connectivity index (χ3n) is 6.86. The van der Waals surface area contributed by atoms with Crippen molar-refractivity contribution < 1.29 is 19.1 Å². The van der Waals surface area contributed by atoms with Gasteiger partial charge in [-0.2, -0.15) is 4.68 Å². The van der Waals surface area contributed by atoms with E-state index in [0.717, 1.165) is 12.8 Å². The molecule has 14 heteroatoms. The van der Waals surface area contributed by atoms with E-state index < -0.39 is 6.04 Å². The summed E-state index contributed by atoms with van der Waals surface area (Å²) in [6.07, 6.45) is 3.23. The number of fused-ring (bicyclic) bond motifs is 1. The molecule has 1 N–H and O–H groups in total.